The van der Waals surface area contributed by atoms with Gasteiger partial charge in [-0.3, -0.25) is 15.1 Å². The third-order valence-corrected chi connectivity index (χ3v) is 6.48. The van der Waals surface area contributed by atoms with E-state index in [1.807, 2.05) is 25.1 Å². The van der Waals surface area contributed by atoms with Crippen LogP contribution >= 0.6 is 0 Å². The standard InChI is InChI=1S/C30H30FN7/c1-5-19(9-8-12-38(3)4)13-20(6-2)25-15-23-26(18-33-25)36-37-29(23)30-34-27-17-32-16-24(28(27)35-30)21-10-7-11-22(31)14-21/h5-7,10-11,13-18H,1,8-9,12H2,2-4H3,(H,34,35)(H,36,37)/b19-13+,20-6+. The first-order chi connectivity index (χ1) is 18.5. The summed E-state index contributed by atoms with van der Waals surface area (Å²) in [6.45, 7) is 7.04. The summed E-state index contributed by atoms with van der Waals surface area (Å²) in [5, 5.41) is 8.51. The summed E-state index contributed by atoms with van der Waals surface area (Å²) >= 11 is 0. The molecule has 0 aliphatic rings. The van der Waals surface area contributed by atoms with Crippen LogP contribution in [0, 0.1) is 5.82 Å². The summed E-state index contributed by atoms with van der Waals surface area (Å²) in [7, 11) is 4.16. The van der Waals surface area contributed by atoms with E-state index in [1.165, 1.54) is 17.7 Å². The van der Waals surface area contributed by atoms with Crippen LogP contribution in [0.3, 0.4) is 0 Å². The van der Waals surface area contributed by atoms with Crippen molar-refractivity contribution in [3.8, 4) is 22.6 Å². The summed E-state index contributed by atoms with van der Waals surface area (Å²) in [6.07, 6.45) is 13.3. The van der Waals surface area contributed by atoms with Crippen LogP contribution in [0.4, 0.5) is 4.39 Å². The number of aromatic nitrogens is 6. The molecule has 38 heavy (non-hydrogen) atoms. The van der Waals surface area contributed by atoms with E-state index in [1.54, 1.807) is 24.7 Å². The average Bonchev–Trinajstić information content (AvgIpc) is 3.54. The van der Waals surface area contributed by atoms with Gasteiger partial charge >= 0.3 is 0 Å². The van der Waals surface area contributed by atoms with Crippen LogP contribution in [-0.2, 0) is 0 Å². The van der Waals surface area contributed by atoms with Gasteiger partial charge in [-0.25, -0.2) is 9.37 Å². The summed E-state index contributed by atoms with van der Waals surface area (Å²) < 4.78 is 13.9. The highest BCUT2D eigenvalue weighted by molar-refractivity contribution is 5.97. The Labute approximate surface area is 220 Å². The van der Waals surface area contributed by atoms with E-state index in [9.17, 15) is 4.39 Å². The molecule has 4 aromatic heterocycles. The zero-order valence-corrected chi connectivity index (χ0v) is 21.8. The molecule has 0 atom stereocenters. The first-order valence-electron chi connectivity index (χ1n) is 12.6. The zero-order chi connectivity index (χ0) is 26.6. The van der Waals surface area contributed by atoms with E-state index in [0.29, 0.717) is 22.6 Å². The molecule has 0 radical (unpaired) electrons. The Hall–Kier alpha value is -4.43. The van der Waals surface area contributed by atoms with Gasteiger partial charge in [-0.05, 0) is 81.4 Å². The van der Waals surface area contributed by atoms with Gasteiger partial charge < -0.3 is 9.88 Å². The molecule has 1 aromatic carbocycles. The number of hydrogen-bond acceptors (Lipinski definition) is 5. The number of hydrogen-bond donors (Lipinski definition) is 2. The highest BCUT2D eigenvalue weighted by Gasteiger charge is 2.17. The molecule has 5 aromatic rings. The summed E-state index contributed by atoms with van der Waals surface area (Å²) in [4.78, 5) is 19.4. The number of benzene rings is 1. The van der Waals surface area contributed by atoms with Crippen molar-refractivity contribution in [1.29, 1.82) is 0 Å². The Bertz CT molecular complexity index is 1670. The number of allylic oxidation sites excluding steroid dienone is 5. The second kappa shape index (κ2) is 10.9. The lowest BCUT2D eigenvalue weighted by molar-refractivity contribution is 0.400. The number of rotatable bonds is 9. The number of nitrogens with one attached hydrogen (secondary N) is 2. The molecular weight excluding hydrogens is 477 g/mol. The minimum absolute atomic E-state index is 0.306. The highest BCUT2D eigenvalue weighted by Crippen LogP contribution is 2.32. The van der Waals surface area contributed by atoms with Gasteiger partial charge in [-0.15, -0.1) is 0 Å². The molecule has 0 bridgehead atoms. The van der Waals surface area contributed by atoms with E-state index in [-0.39, 0.29) is 5.82 Å². The molecule has 0 amide bonds. The molecule has 0 spiro atoms. The number of fused-ring (bicyclic) bond motifs is 2. The van der Waals surface area contributed by atoms with Crippen molar-refractivity contribution in [2.45, 2.75) is 19.8 Å². The molecule has 5 rings (SSSR count). The fourth-order valence-corrected chi connectivity index (χ4v) is 4.50. The topological polar surface area (TPSA) is 86.4 Å². The number of pyridine rings is 2. The molecule has 0 aliphatic carbocycles. The summed E-state index contributed by atoms with van der Waals surface area (Å²) in [6, 6.07) is 8.46. The van der Waals surface area contributed by atoms with Crippen molar-refractivity contribution in [3.63, 3.8) is 0 Å². The van der Waals surface area contributed by atoms with Gasteiger partial charge in [0.25, 0.3) is 0 Å². The molecule has 0 saturated carbocycles. The minimum Gasteiger partial charge on any atom is -0.335 e. The van der Waals surface area contributed by atoms with Crippen LogP contribution in [0.5, 0.6) is 0 Å². The maximum Gasteiger partial charge on any atom is 0.159 e. The van der Waals surface area contributed by atoms with Crippen LogP contribution in [0.15, 0.2) is 79.3 Å². The highest BCUT2D eigenvalue weighted by atomic mass is 19.1. The molecule has 192 valence electrons. The third kappa shape index (κ3) is 5.17. The van der Waals surface area contributed by atoms with Crippen LogP contribution in [0.2, 0.25) is 0 Å². The maximum atomic E-state index is 13.9. The lowest BCUT2D eigenvalue weighted by atomic mass is 10.0. The van der Waals surface area contributed by atoms with E-state index in [2.05, 4.69) is 62.9 Å². The molecule has 4 heterocycles. The Kier molecular flexibility index (Phi) is 7.24. The SMILES string of the molecule is C=C/C(=C\C(=C/C)c1cc2c(-c3nc4c(-c5cccc(F)c5)cncc4[nH]3)n[nH]c2cn1)CCCN(C)C. The van der Waals surface area contributed by atoms with Gasteiger partial charge in [-0.1, -0.05) is 30.9 Å². The fourth-order valence-electron chi connectivity index (χ4n) is 4.50. The van der Waals surface area contributed by atoms with Gasteiger partial charge in [-0.2, -0.15) is 5.10 Å². The second-order valence-corrected chi connectivity index (χ2v) is 9.44. The molecule has 0 aliphatic heterocycles. The van der Waals surface area contributed by atoms with Crippen molar-refractivity contribution in [1.82, 2.24) is 35.0 Å². The van der Waals surface area contributed by atoms with Gasteiger partial charge in [0.15, 0.2) is 5.82 Å². The molecule has 8 heteroatoms. The first kappa shape index (κ1) is 25.2. The molecular formula is C30H30FN7. The van der Waals surface area contributed by atoms with Gasteiger partial charge in [0.2, 0.25) is 0 Å². The second-order valence-electron chi connectivity index (χ2n) is 9.44. The van der Waals surface area contributed by atoms with Crippen LogP contribution in [0.25, 0.3) is 50.2 Å². The van der Waals surface area contributed by atoms with Crippen molar-refractivity contribution in [2.24, 2.45) is 0 Å². The lowest BCUT2D eigenvalue weighted by Gasteiger charge is -2.10. The third-order valence-electron chi connectivity index (χ3n) is 6.48. The Morgan fingerprint density at radius 1 is 1.13 bits per heavy atom. The van der Waals surface area contributed by atoms with E-state index in [0.717, 1.165) is 52.6 Å². The number of aromatic amines is 2. The Balaban J connectivity index is 1.52. The number of imidazole rings is 1. The summed E-state index contributed by atoms with van der Waals surface area (Å²) in [5.41, 5.74) is 7.43. The first-order valence-corrected chi connectivity index (χ1v) is 12.6. The number of halogens is 1. The summed E-state index contributed by atoms with van der Waals surface area (Å²) in [5.74, 6) is 0.293. The van der Waals surface area contributed by atoms with E-state index in [4.69, 9.17) is 4.98 Å². The molecule has 7 nitrogen and oxygen atoms in total. The monoisotopic (exact) mass is 507 g/mol. The number of H-pyrrole nitrogens is 2. The van der Waals surface area contributed by atoms with E-state index >= 15 is 0 Å². The zero-order valence-electron chi connectivity index (χ0n) is 21.8. The van der Waals surface area contributed by atoms with Crippen LogP contribution in [-0.4, -0.2) is 55.7 Å². The molecule has 0 unspecified atom stereocenters. The van der Waals surface area contributed by atoms with Crippen LogP contribution < -0.4 is 0 Å². The van der Waals surface area contributed by atoms with Gasteiger partial charge in [0.1, 0.15) is 11.5 Å². The normalized spacial score (nSPS) is 12.7. The molecule has 0 fully saturated rings. The predicted octanol–water partition coefficient (Wildman–Crippen LogP) is 6.56. The quantitative estimate of drug-likeness (QED) is 0.221. The van der Waals surface area contributed by atoms with Gasteiger partial charge in [0.05, 0.1) is 34.6 Å². The fraction of sp³-hybridized carbons (Fsp3) is 0.200. The van der Waals surface area contributed by atoms with Crippen molar-refractivity contribution < 1.29 is 4.39 Å². The Morgan fingerprint density at radius 3 is 2.76 bits per heavy atom. The smallest absolute Gasteiger partial charge is 0.159 e. The Morgan fingerprint density at radius 2 is 2.00 bits per heavy atom. The maximum absolute atomic E-state index is 13.9. The molecule has 2 N–H and O–H groups in total. The number of nitrogens with zero attached hydrogens (tertiary/aromatic N) is 5. The predicted molar refractivity (Wildman–Crippen MR) is 152 cm³/mol. The largest absolute Gasteiger partial charge is 0.335 e. The molecule has 0 saturated heterocycles. The lowest BCUT2D eigenvalue weighted by Crippen LogP contribution is -2.12. The van der Waals surface area contributed by atoms with Crippen LogP contribution in [0.1, 0.15) is 25.5 Å². The van der Waals surface area contributed by atoms with Crippen molar-refractivity contribution in [3.05, 3.63) is 90.8 Å². The average molecular weight is 508 g/mol. The van der Waals surface area contributed by atoms with Crippen molar-refractivity contribution >= 4 is 27.5 Å². The van der Waals surface area contributed by atoms with E-state index < -0.39 is 0 Å². The van der Waals surface area contributed by atoms with Gasteiger partial charge in [0, 0.05) is 17.1 Å². The van der Waals surface area contributed by atoms with Crippen molar-refractivity contribution in [2.75, 3.05) is 20.6 Å². The minimum atomic E-state index is -0.306.